The zero-order valence-electron chi connectivity index (χ0n) is 9.39. The highest BCUT2D eigenvalue weighted by molar-refractivity contribution is 7.84. The molecule has 1 N–H and O–H groups in total. The highest BCUT2D eigenvalue weighted by Gasteiger charge is 2.25. The molecule has 0 aliphatic rings. The maximum Gasteiger partial charge on any atom is 0.190 e. The molecule has 0 radical (unpaired) electrons. The molecule has 0 fully saturated rings. The molecule has 7 heteroatoms. The van der Waals surface area contributed by atoms with E-state index in [1.165, 1.54) is 0 Å². The van der Waals surface area contributed by atoms with E-state index in [0.717, 1.165) is 0 Å². The average Bonchev–Trinajstić information content (AvgIpc) is 2.08. The number of nitrogens with one attached hydrogen (secondary N) is 1. The molecule has 0 aliphatic heterocycles. The van der Waals surface area contributed by atoms with Crippen LogP contribution in [-0.2, 0) is 11.0 Å². The molecule has 2 atom stereocenters. The van der Waals surface area contributed by atoms with Crippen LogP contribution in [0, 0.1) is 11.3 Å². The van der Waals surface area contributed by atoms with E-state index < -0.39 is 25.6 Å². The molecule has 3 nitrogen and oxygen atoms in total. The van der Waals surface area contributed by atoms with Crippen LogP contribution >= 0.6 is 34.8 Å². The van der Waals surface area contributed by atoms with Crippen molar-refractivity contribution in [2.45, 2.75) is 48.2 Å². The molecule has 94 valence electrons. The number of rotatable bonds is 4. The zero-order valence-corrected chi connectivity index (χ0v) is 12.5. The van der Waals surface area contributed by atoms with Gasteiger partial charge in [-0.2, -0.15) is 5.26 Å². The van der Waals surface area contributed by atoms with E-state index in [4.69, 9.17) is 40.1 Å². The Morgan fingerprint density at radius 3 is 2.19 bits per heavy atom. The minimum atomic E-state index is -1.37. The normalized spacial score (nSPS) is 16.6. The Bertz CT molecular complexity index is 291. The van der Waals surface area contributed by atoms with Gasteiger partial charge in [-0.15, -0.1) is 0 Å². The molecule has 0 bridgehead atoms. The van der Waals surface area contributed by atoms with E-state index >= 15 is 0 Å². The van der Waals surface area contributed by atoms with Gasteiger partial charge in [-0.25, -0.2) is 8.93 Å². The fourth-order valence-corrected chi connectivity index (χ4v) is 1.87. The number of halogens is 3. The molecule has 16 heavy (non-hydrogen) atoms. The second kappa shape index (κ2) is 6.42. The summed E-state index contributed by atoms with van der Waals surface area (Å²) in [5.74, 6) is 0. The van der Waals surface area contributed by atoms with Gasteiger partial charge in [0.2, 0.25) is 0 Å². The first-order valence-electron chi connectivity index (χ1n) is 4.70. The lowest BCUT2D eigenvalue weighted by Crippen LogP contribution is -2.39. The molecule has 2 unspecified atom stereocenters. The van der Waals surface area contributed by atoms with Crippen molar-refractivity contribution in [2.75, 3.05) is 0 Å². The molecule has 0 heterocycles. The predicted molar refractivity (Wildman–Crippen MR) is 70.0 cm³/mol. The average molecular weight is 306 g/mol. The van der Waals surface area contributed by atoms with E-state index in [1.807, 2.05) is 26.8 Å². The van der Waals surface area contributed by atoms with Gasteiger partial charge in [-0.1, -0.05) is 34.8 Å². The number of hydrogen-bond donors (Lipinski definition) is 1. The fourth-order valence-electron chi connectivity index (χ4n) is 0.764. The summed E-state index contributed by atoms with van der Waals surface area (Å²) < 4.78 is 12.6. The van der Waals surface area contributed by atoms with Gasteiger partial charge in [0.25, 0.3) is 0 Å². The van der Waals surface area contributed by atoms with Gasteiger partial charge in [0, 0.05) is 0 Å². The summed E-state index contributed by atoms with van der Waals surface area (Å²) in [6, 6.07) is 1.42. The SMILES string of the molecule is CC(C)(C)S(=O)NC(C#N)CCC(Cl)(Cl)Cl. The molecule has 0 rings (SSSR count). The Balaban J connectivity index is 4.24. The number of nitrogens with zero attached hydrogens (tertiary/aromatic N) is 1. The summed E-state index contributed by atoms with van der Waals surface area (Å²) in [5.41, 5.74) is 0. The van der Waals surface area contributed by atoms with E-state index in [9.17, 15) is 4.21 Å². The quantitative estimate of drug-likeness (QED) is 0.812. The van der Waals surface area contributed by atoms with Crippen molar-refractivity contribution in [2.24, 2.45) is 0 Å². The third kappa shape index (κ3) is 7.70. The van der Waals surface area contributed by atoms with Crippen LogP contribution < -0.4 is 4.72 Å². The highest BCUT2D eigenvalue weighted by atomic mass is 35.6. The van der Waals surface area contributed by atoms with Gasteiger partial charge in [0.1, 0.15) is 6.04 Å². The maximum atomic E-state index is 11.7. The topological polar surface area (TPSA) is 52.9 Å². The highest BCUT2D eigenvalue weighted by Crippen LogP contribution is 2.31. The molecule has 0 aromatic rings. The molecular formula is C9H15Cl3N2OS. The lowest BCUT2D eigenvalue weighted by molar-refractivity contribution is 0.600. The van der Waals surface area contributed by atoms with Gasteiger partial charge >= 0.3 is 0 Å². The summed E-state index contributed by atoms with van der Waals surface area (Å²) in [6.07, 6.45) is 0.582. The summed E-state index contributed by atoms with van der Waals surface area (Å²) in [4.78, 5) is 0. The van der Waals surface area contributed by atoms with Crippen molar-refractivity contribution in [3.8, 4) is 6.07 Å². The zero-order chi connectivity index (χ0) is 13.0. The van der Waals surface area contributed by atoms with E-state index in [-0.39, 0.29) is 6.42 Å². The second-order valence-electron chi connectivity index (χ2n) is 4.33. The first-order chi connectivity index (χ1) is 7.06. The minimum Gasteiger partial charge on any atom is -0.242 e. The fraction of sp³-hybridized carbons (Fsp3) is 0.889. The molecule has 0 saturated heterocycles. The van der Waals surface area contributed by atoms with Crippen LogP contribution in [-0.4, -0.2) is 18.8 Å². The van der Waals surface area contributed by atoms with Gasteiger partial charge in [0.05, 0.1) is 21.8 Å². The number of alkyl halides is 3. The van der Waals surface area contributed by atoms with Crippen LogP contribution in [0.1, 0.15) is 33.6 Å². The number of hydrogen-bond acceptors (Lipinski definition) is 2. The van der Waals surface area contributed by atoms with Crippen molar-refractivity contribution in [1.29, 1.82) is 5.26 Å². The monoisotopic (exact) mass is 304 g/mol. The van der Waals surface area contributed by atoms with E-state index in [1.54, 1.807) is 0 Å². The standard InChI is InChI=1S/C9H15Cl3N2OS/c1-8(2,3)16(15)14-7(6-13)4-5-9(10,11)12/h7,14H,4-5H2,1-3H3. The third-order valence-electron chi connectivity index (χ3n) is 1.68. The van der Waals surface area contributed by atoms with Crippen molar-refractivity contribution in [3.63, 3.8) is 0 Å². The Hall–Kier alpha value is 0.470. The van der Waals surface area contributed by atoms with Crippen molar-refractivity contribution in [3.05, 3.63) is 0 Å². The van der Waals surface area contributed by atoms with Crippen molar-refractivity contribution in [1.82, 2.24) is 4.72 Å². The minimum absolute atomic E-state index is 0.240. The van der Waals surface area contributed by atoms with Gasteiger partial charge in [0.15, 0.2) is 3.79 Å². The van der Waals surface area contributed by atoms with Crippen LogP contribution in [0.3, 0.4) is 0 Å². The molecular weight excluding hydrogens is 291 g/mol. The Kier molecular flexibility index (Phi) is 6.60. The van der Waals surface area contributed by atoms with Crippen LogP contribution in [0.2, 0.25) is 0 Å². The van der Waals surface area contributed by atoms with E-state index in [0.29, 0.717) is 6.42 Å². The van der Waals surface area contributed by atoms with Crippen LogP contribution in [0.5, 0.6) is 0 Å². The molecule has 0 spiro atoms. The lowest BCUT2D eigenvalue weighted by atomic mass is 10.2. The third-order valence-corrected chi connectivity index (χ3v) is 3.86. The first-order valence-corrected chi connectivity index (χ1v) is 6.99. The summed E-state index contributed by atoms with van der Waals surface area (Å²) in [5, 5.41) is 8.86. The second-order valence-corrected chi connectivity index (χ2v) is 8.85. The summed E-state index contributed by atoms with van der Waals surface area (Å²) >= 11 is 16.7. The van der Waals surface area contributed by atoms with E-state index in [2.05, 4.69) is 4.72 Å². The molecule has 0 amide bonds. The van der Waals surface area contributed by atoms with Crippen LogP contribution in [0.15, 0.2) is 0 Å². The Morgan fingerprint density at radius 1 is 1.38 bits per heavy atom. The van der Waals surface area contributed by atoms with Gasteiger partial charge in [-0.3, -0.25) is 0 Å². The van der Waals surface area contributed by atoms with Crippen LogP contribution in [0.25, 0.3) is 0 Å². The predicted octanol–water partition coefficient (Wildman–Crippen LogP) is 3.08. The number of nitriles is 1. The van der Waals surface area contributed by atoms with Crippen molar-refractivity contribution < 1.29 is 4.21 Å². The van der Waals surface area contributed by atoms with Gasteiger partial charge < -0.3 is 0 Å². The van der Waals surface area contributed by atoms with Gasteiger partial charge in [-0.05, 0) is 33.6 Å². The molecule has 0 aromatic carbocycles. The first kappa shape index (κ1) is 16.5. The maximum absolute atomic E-state index is 11.7. The summed E-state index contributed by atoms with van der Waals surface area (Å²) in [6.45, 7) is 5.46. The smallest absolute Gasteiger partial charge is 0.190 e. The summed E-state index contributed by atoms with van der Waals surface area (Å²) in [7, 11) is -1.30. The Morgan fingerprint density at radius 2 is 1.88 bits per heavy atom. The molecule has 0 aromatic heterocycles. The molecule has 0 saturated carbocycles. The Labute approximate surface area is 114 Å². The largest absolute Gasteiger partial charge is 0.242 e. The van der Waals surface area contributed by atoms with Crippen LogP contribution in [0.4, 0.5) is 0 Å². The lowest BCUT2D eigenvalue weighted by Gasteiger charge is -2.21. The van der Waals surface area contributed by atoms with Crippen molar-refractivity contribution >= 4 is 45.8 Å². The molecule has 0 aliphatic carbocycles.